The van der Waals surface area contributed by atoms with Crippen LogP contribution in [-0.4, -0.2) is 5.91 Å². The van der Waals surface area contributed by atoms with Gasteiger partial charge in [0, 0.05) is 5.57 Å². The first-order chi connectivity index (χ1) is 4.57. The van der Waals surface area contributed by atoms with Gasteiger partial charge in [-0.2, -0.15) is 0 Å². The molecule has 0 rings (SSSR count). The monoisotopic (exact) mass is 141 g/mol. The van der Waals surface area contributed by atoms with Crippen LogP contribution >= 0.6 is 0 Å². The Morgan fingerprint density at radius 3 is 2.20 bits per heavy atom. The molecule has 0 aromatic rings. The van der Waals surface area contributed by atoms with E-state index >= 15 is 0 Å². The van der Waals surface area contributed by atoms with Crippen molar-refractivity contribution in [2.75, 3.05) is 0 Å². The highest BCUT2D eigenvalue weighted by Crippen LogP contribution is 2.09. The molecule has 10 heavy (non-hydrogen) atoms. The molecule has 1 amide bonds. The normalized spacial score (nSPS) is 12.2. The van der Waals surface area contributed by atoms with Crippen molar-refractivity contribution in [3.05, 3.63) is 11.6 Å². The van der Waals surface area contributed by atoms with Crippen LogP contribution in [0.15, 0.2) is 11.6 Å². The minimum atomic E-state index is -0.295. The fourth-order valence-electron chi connectivity index (χ4n) is 0.801. The van der Waals surface area contributed by atoms with Crippen molar-refractivity contribution < 1.29 is 4.79 Å². The molecule has 0 spiro atoms. The van der Waals surface area contributed by atoms with Crippen LogP contribution < -0.4 is 5.73 Å². The smallest absolute Gasteiger partial charge is 0.244 e. The van der Waals surface area contributed by atoms with Gasteiger partial charge in [-0.1, -0.05) is 19.9 Å². The predicted octanol–water partition coefficient (Wildman–Crippen LogP) is 1.46. The van der Waals surface area contributed by atoms with Crippen LogP contribution in [0.1, 0.15) is 27.2 Å². The van der Waals surface area contributed by atoms with E-state index in [0.717, 1.165) is 12.0 Å². The quantitative estimate of drug-likeness (QED) is 0.594. The molecule has 0 fully saturated rings. The van der Waals surface area contributed by atoms with Gasteiger partial charge in [0.15, 0.2) is 0 Å². The Morgan fingerprint density at radius 2 is 2.10 bits per heavy atom. The van der Waals surface area contributed by atoms with Crippen LogP contribution in [0.25, 0.3) is 0 Å². The Hall–Kier alpha value is -0.790. The van der Waals surface area contributed by atoms with Gasteiger partial charge in [-0.3, -0.25) is 4.79 Å². The summed E-state index contributed by atoms with van der Waals surface area (Å²) >= 11 is 0. The van der Waals surface area contributed by atoms with E-state index in [4.69, 9.17) is 5.73 Å². The highest BCUT2D eigenvalue weighted by atomic mass is 16.1. The summed E-state index contributed by atoms with van der Waals surface area (Å²) in [6.07, 6.45) is 2.56. The molecule has 0 aromatic carbocycles. The SMILES string of the molecule is CC=C(CC(C)C)C(N)=O. The zero-order chi connectivity index (χ0) is 8.15. The van der Waals surface area contributed by atoms with Gasteiger partial charge >= 0.3 is 0 Å². The second kappa shape index (κ2) is 4.09. The maximum atomic E-state index is 10.6. The van der Waals surface area contributed by atoms with E-state index in [-0.39, 0.29) is 5.91 Å². The number of nitrogens with two attached hydrogens (primary N) is 1. The summed E-state index contributed by atoms with van der Waals surface area (Å²) in [5, 5.41) is 0. The molecule has 0 aliphatic heterocycles. The van der Waals surface area contributed by atoms with E-state index in [9.17, 15) is 4.79 Å². The van der Waals surface area contributed by atoms with Gasteiger partial charge in [0.25, 0.3) is 0 Å². The summed E-state index contributed by atoms with van der Waals surface area (Å²) in [4.78, 5) is 10.6. The summed E-state index contributed by atoms with van der Waals surface area (Å²) in [7, 11) is 0. The predicted molar refractivity (Wildman–Crippen MR) is 42.4 cm³/mol. The number of carbonyl (C=O) groups is 1. The minimum Gasteiger partial charge on any atom is -0.366 e. The summed E-state index contributed by atoms with van der Waals surface area (Å²) in [5.74, 6) is 0.204. The molecular weight excluding hydrogens is 126 g/mol. The lowest BCUT2D eigenvalue weighted by Crippen LogP contribution is -2.15. The zero-order valence-corrected chi connectivity index (χ0v) is 6.85. The summed E-state index contributed by atoms with van der Waals surface area (Å²) < 4.78 is 0. The molecule has 0 unspecified atom stereocenters. The molecule has 0 radical (unpaired) electrons. The maximum Gasteiger partial charge on any atom is 0.244 e. The molecule has 2 nitrogen and oxygen atoms in total. The van der Waals surface area contributed by atoms with Crippen molar-refractivity contribution in [1.82, 2.24) is 0 Å². The maximum absolute atomic E-state index is 10.6. The highest BCUT2D eigenvalue weighted by Gasteiger charge is 2.04. The van der Waals surface area contributed by atoms with E-state index in [2.05, 4.69) is 13.8 Å². The van der Waals surface area contributed by atoms with Gasteiger partial charge in [0.1, 0.15) is 0 Å². The first kappa shape index (κ1) is 9.21. The van der Waals surface area contributed by atoms with Crippen molar-refractivity contribution in [2.45, 2.75) is 27.2 Å². The van der Waals surface area contributed by atoms with E-state index in [1.807, 2.05) is 6.92 Å². The molecule has 0 heterocycles. The highest BCUT2D eigenvalue weighted by molar-refractivity contribution is 5.91. The first-order valence-electron chi connectivity index (χ1n) is 3.53. The topological polar surface area (TPSA) is 43.1 Å². The number of rotatable bonds is 3. The lowest BCUT2D eigenvalue weighted by atomic mass is 10.0. The molecule has 0 bridgehead atoms. The van der Waals surface area contributed by atoms with Gasteiger partial charge in [-0.05, 0) is 19.3 Å². The third-order valence-corrected chi connectivity index (χ3v) is 1.29. The lowest BCUT2D eigenvalue weighted by molar-refractivity contribution is -0.114. The zero-order valence-electron chi connectivity index (χ0n) is 6.85. The molecular formula is C8H15NO. The minimum absolute atomic E-state index is 0.295. The average molecular weight is 141 g/mol. The first-order valence-corrected chi connectivity index (χ1v) is 3.53. The molecule has 0 saturated heterocycles. The number of amides is 1. The van der Waals surface area contributed by atoms with Gasteiger partial charge < -0.3 is 5.73 Å². The largest absolute Gasteiger partial charge is 0.366 e. The van der Waals surface area contributed by atoms with Crippen molar-refractivity contribution in [2.24, 2.45) is 11.7 Å². The van der Waals surface area contributed by atoms with E-state index in [1.54, 1.807) is 6.08 Å². The van der Waals surface area contributed by atoms with E-state index in [0.29, 0.717) is 5.92 Å². The van der Waals surface area contributed by atoms with Gasteiger partial charge in [0.2, 0.25) is 5.91 Å². The van der Waals surface area contributed by atoms with Gasteiger partial charge in [0.05, 0.1) is 0 Å². The van der Waals surface area contributed by atoms with Crippen molar-refractivity contribution in [1.29, 1.82) is 0 Å². The van der Waals surface area contributed by atoms with Crippen LogP contribution in [0, 0.1) is 5.92 Å². The van der Waals surface area contributed by atoms with E-state index < -0.39 is 0 Å². The number of hydrogen-bond acceptors (Lipinski definition) is 1. The number of carbonyl (C=O) groups excluding carboxylic acids is 1. The number of hydrogen-bond donors (Lipinski definition) is 1. The Bertz CT molecular complexity index is 147. The molecule has 2 N–H and O–H groups in total. The molecule has 0 aliphatic carbocycles. The average Bonchev–Trinajstić information content (AvgIpc) is 1.81. The molecule has 2 heteroatoms. The third kappa shape index (κ3) is 3.28. The van der Waals surface area contributed by atoms with E-state index in [1.165, 1.54) is 0 Å². The molecule has 0 atom stereocenters. The third-order valence-electron chi connectivity index (χ3n) is 1.29. The molecule has 0 saturated carbocycles. The van der Waals surface area contributed by atoms with Crippen LogP contribution in [0.4, 0.5) is 0 Å². The number of allylic oxidation sites excluding steroid dienone is 1. The second-order valence-electron chi connectivity index (χ2n) is 2.78. The van der Waals surface area contributed by atoms with Gasteiger partial charge in [-0.15, -0.1) is 0 Å². The van der Waals surface area contributed by atoms with Crippen molar-refractivity contribution in [3.8, 4) is 0 Å². The summed E-state index contributed by atoms with van der Waals surface area (Å²) in [6.45, 7) is 5.96. The van der Waals surface area contributed by atoms with Gasteiger partial charge in [-0.25, -0.2) is 0 Å². The van der Waals surface area contributed by atoms with Crippen LogP contribution in [0.3, 0.4) is 0 Å². The van der Waals surface area contributed by atoms with Crippen molar-refractivity contribution in [3.63, 3.8) is 0 Å². The summed E-state index contributed by atoms with van der Waals surface area (Å²) in [6, 6.07) is 0. The molecule has 58 valence electrons. The summed E-state index contributed by atoms with van der Waals surface area (Å²) in [5.41, 5.74) is 5.82. The Labute approximate surface area is 62.1 Å². The van der Waals surface area contributed by atoms with Crippen LogP contribution in [-0.2, 0) is 4.79 Å². The number of primary amides is 1. The Balaban J connectivity index is 3.99. The standard InChI is InChI=1S/C8H15NO/c1-4-7(8(9)10)5-6(2)3/h4,6H,5H2,1-3H3,(H2,9,10). The van der Waals surface area contributed by atoms with Crippen LogP contribution in [0.2, 0.25) is 0 Å². The second-order valence-corrected chi connectivity index (χ2v) is 2.78. The molecule has 0 aliphatic rings. The van der Waals surface area contributed by atoms with Crippen molar-refractivity contribution >= 4 is 5.91 Å². The van der Waals surface area contributed by atoms with Crippen LogP contribution in [0.5, 0.6) is 0 Å². The molecule has 0 aromatic heterocycles. The fraction of sp³-hybridized carbons (Fsp3) is 0.625. The Morgan fingerprint density at radius 1 is 1.60 bits per heavy atom. The lowest BCUT2D eigenvalue weighted by Gasteiger charge is -2.04. The Kier molecular flexibility index (Phi) is 3.77. The fourth-order valence-corrected chi connectivity index (χ4v) is 0.801.